The lowest BCUT2D eigenvalue weighted by molar-refractivity contribution is 0.0945. The summed E-state index contributed by atoms with van der Waals surface area (Å²) in [6.45, 7) is 0. The van der Waals surface area contributed by atoms with E-state index in [-0.39, 0.29) is 11.5 Å². The number of para-hydroxylation sites is 1. The maximum atomic E-state index is 13.2. The number of halogens is 1. The second-order valence-corrected chi connectivity index (χ2v) is 6.74. The summed E-state index contributed by atoms with van der Waals surface area (Å²) in [5.41, 5.74) is 1.46. The number of aromatic hydroxyl groups is 1. The van der Waals surface area contributed by atoms with Crippen LogP contribution in [0.4, 0.5) is 0 Å². The fourth-order valence-electron chi connectivity index (χ4n) is 3.29. The van der Waals surface area contributed by atoms with Crippen LogP contribution in [0.2, 0.25) is 5.02 Å². The number of fused-ring (bicyclic) bond motifs is 1. The number of Topliss-reactive ketones (excluding diaryl/α,β-unsaturated/α-hetero) is 1. The molecule has 5 heteroatoms. The van der Waals surface area contributed by atoms with Gasteiger partial charge in [-0.1, -0.05) is 29.8 Å². The van der Waals surface area contributed by atoms with Crippen LogP contribution in [0.15, 0.2) is 48.7 Å². The number of nitrogens with zero attached hydrogens (tertiary/aromatic N) is 1. The van der Waals surface area contributed by atoms with E-state index in [9.17, 15) is 9.90 Å². The number of hydrogen-bond acceptors (Lipinski definition) is 4. The van der Waals surface area contributed by atoms with E-state index in [4.69, 9.17) is 16.3 Å². The van der Waals surface area contributed by atoms with Crippen molar-refractivity contribution in [2.75, 3.05) is 7.11 Å². The van der Waals surface area contributed by atoms with Gasteiger partial charge in [-0.2, -0.15) is 0 Å². The lowest BCUT2D eigenvalue weighted by Gasteiger charge is -2.18. The smallest absolute Gasteiger partial charge is 0.174 e. The third-order valence-electron chi connectivity index (χ3n) is 4.82. The highest BCUT2D eigenvalue weighted by atomic mass is 35.5. The Kier molecular flexibility index (Phi) is 3.65. The number of pyridine rings is 1. The number of methoxy groups -OCH3 is 1. The molecule has 1 aromatic heterocycles. The maximum Gasteiger partial charge on any atom is 0.174 e. The number of ketones is 1. The van der Waals surface area contributed by atoms with Crippen molar-refractivity contribution < 1.29 is 14.6 Å². The molecule has 1 fully saturated rings. The van der Waals surface area contributed by atoms with Crippen molar-refractivity contribution >= 4 is 28.3 Å². The summed E-state index contributed by atoms with van der Waals surface area (Å²) >= 11 is 6.33. The molecule has 2 aromatic carbocycles. The van der Waals surface area contributed by atoms with Crippen molar-refractivity contribution in [1.82, 2.24) is 4.98 Å². The first-order valence-corrected chi connectivity index (χ1v) is 8.39. The van der Waals surface area contributed by atoms with E-state index < -0.39 is 5.41 Å². The van der Waals surface area contributed by atoms with Gasteiger partial charge >= 0.3 is 0 Å². The van der Waals surface area contributed by atoms with Crippen LogP contribution in [-0.4, -0.2) is 23.0 Å². The minimum Gasteiger partial charge on any atom is -0.504 e. The average Bonchev–Trinajstić information content (AvgIpc) is 3.42. The van der Waals surface area contributed by atoms with Crippen LogP contribution in [0.3, 0.4) is 0 Å². The SMILES string of the molecule is COc1cc(C2(C(=O)c3cnc4ccccc4c3)CC2)c(Cl)cc1O. The van der Waals surface area contributed by atoms with E-state index in [2.05, 4.69) is 4.98 Å². The molecule has 4 nitrogen and oxygen atoms in total. The molecule has 4 rings (SSSR count). The van der Waals surface area contributed by atoms with E-state index >= 15 is 0 Å². The van der Waals surface area contributed by atoms with Crippen LogP contribution in [0, 0.1) is 0 Å². The fourth-order valence-corrected chi connectivity index (χ4v) is 3.63. The van der Waals surface area contributed by atoms with Crippen molar-refractivity contribution in [2.24, 2.45) is 0 Å². The first kappa shape index (κ1) is 15.9. The number of phenols is 1. The highest BCUT2D eigenvalue weighted by Crippen LogP contribution is 2.54. The average molecular weight is 354 g/mol. The molecule has 0 atom stereocenters. The number of ether oxygens (including phenoxy) is 1. The molecular weight excluding hydrogens is 338 g/mol. The quantitative estimate of drug-likeness (QED) is 0.701. The third kappa shape index (κ3) is 2.53. The predicted octanol–water partition coefficient (Wildman–Crippen LogP) is 4.52. The molecule has 0 bridgehead atoms. The Labute approximate surface area is 150 Å². The second kappa shape index (κ2) is 5.74. The van der Waals surface area contributed by atoms with Crippen LogP contribution in [0.1, 0.15) is 28.8 Å². The molecule has 1 N–H and O–H groups in total. The summed E-state index contributed by atoms with van der Waals surface area (Å²) in [7, 11) is 1.47. The molecular formula is C20H16ClNO3. The number of phenolic OH excluding ortho intramolecular Hbond substituents is 1. The number of benzene rings is 2. The van der Waals surface area contributed by atoms with Crippen molar-refractivity contribution in [1.29, 1.82) is 0 Å². The number of carbonyl (C=O) groups excluding carboxylic acids is 1. The molecule has 1 aliphatic carbocycles. The predicted molar refractivity (Wildman–Crippen MR) is 96.7 cm³/mol. The van der Waals surface area contributed by atoms with Gasteiger partial charge in [0.2, 0.25) is 0 Å². The van der Waals surface area contributed by atoms with Crippen LogP contribution in [0.5, 0.6) is 11.5 Å². The van der Waals surface area contributed by atoms with E-state index in [1.54, 1.807) is 12.3 Å². The number of aromatic nitrogens is 1. The van der Waals surface area contributed by atoms with E-state index in [1.807, 2.05) is 30.3 Å². The van der Waals surface area contributed by atoms with Crippen molar-refractivity contribution in [3.8, 4) is 11.5 Å². The van der Waals surface area contributed by atoms with Gasteiger partial charge in [0.1, 0.15) is 0 Å². The van der Waals surface area contributed by atoms with E-state index in [1.165, 1.54) is 13.2 Å². The Morgan fingerprint density at radius 1 is 1.24 bits per heavy atom. The van der Waals surface area contributed by atoms with Crippen molar-refractivity contribution in [2.45, 2.75) is 18.3 Å². The summed E-state index contributed by atoms with van der Waals surface area (Å²) in [5.74, 6) is 0.280. The minimum atomic E-state index is -0.664. The Hall–Kier alpha value is -2.59. The van der Waals surface area contributed by atoms with Crippen LogP contribution >= 0.6 is 11.6 Å². The van der Waals surface area contributed by atoms with Gasteiger partial charge in [-0.25, -0.2) is 0 Å². The Morgan fingerprint density at radius 3 is 2.72 bits per heavy atom. The minimum absolute atomic E-state index is 0.000367. The standard InChI is InChI=1S/C20H16ClNO3/c1-25-18-9-14(15(21)10-17(18)23)20(6-7-20)19(24)13-8-12-4-2-3-5-16(12)22-11-13/h2-5,8-11,23H,6-7H2,1H3. The highest BCUT2D eigenvalue weighted by molar-refractivity contribution is 6.32. The van der Waals surface area contributed by atoms with Crippen LogP contribution in [-0.2, 0) is 5.41 Å². The van der Waals surface area contributed by atoms with Crippen LogP contribution in [0.25, 0.3) is 10.9 Å². The molecule has 0 radical (unpaired) electrons. The molecule has 25 heavy (non-hydrogen) atoms. The summed E-state index contributed by atoms with van der Waals surface area (Å²) in [6, 6.07) is 12.7. The zero-order chi connectivity index (χ0) is 17.6. The Balaban J connectivity index is 1.78. The summed E-state index contributed by atoms with van der Waals surface area (Å²) in [4.78, 5) is 17.6. The summed E-state index contributed by atoms with van der Waals surface area (Å²) < 4.78 is 5.17. The molecule has 1 saturated carbocycles. The third-order valence-corrected chi connectivity index (χ3v) is 5.13. The highest BCUT2D eigenvalue weighted by Gasteiger charge is 2.52. The lowest BCUT2D eigenvalue weighted by atomic mass is 9.87. The van der Waals surface area contributed by atoms with Gasteiger partial charge < -0.3 is 9.84 Å². The Morgan fingerprint density at radius 2 is 2.00 bits per heavy atom. The first-order valence-electron chi connectivity index (χ1n) is 8.02. The monoisotopic (exact) mass is 353 g/mol. The molecule has 0 amide bonds. The summed E-state index contributed by atoms with van der Waals surface area (Å²) in [5, 5.41) is 11.2. The number of rotatable bonds is 4. The zero-order valence-electron chi connectivity index (χ0n) is 13.6. The molecule has 0 aliphatic heterocycles. The maximum absolute atomic E-state index is 13.2. The van der Waals surface area contributed by atoms with E-state index in [0.717, 1.165) is 10.9 Å². The second-order valence-electron chi connectivity index (χ2n) is 6.33. The molecule has 3 aromatic rings. The molecule has 0 spiro atoms. The molecule has 0 saturated heterocycles. The molecule has 126 valence electrons. The van der Waals surface area contributed by atoms with Gasteiger partial charge in [0.05, 0.1) is 18.0 Å². The molecule has 0 unspecified atom stereocenters. The van der Waals surface area contributed by atoms with Gasteiger partial charge in [-0.05, 0) is 36.6 Å². The fraction of sp³-hybridized carbons (Fsp3) is 0.200. The van der Waals surface area contributed by atoms with Gasteiger partial charge in [-0.15, -0.1) is 0 Å². The lowest BCUT2D eigenvalue weighted by Crippen LogP contribution is -2.21. The normalized spacial score (nSPS) is 15.1. The van der Waals surface area contributed by atoms with Crippen molar-refractivity contribution in [3.63, 3.8) is 0 Å². The van der Waals surface area contributed by atoms with Gasteiger partial charge in [0, 0.05) is 28.2 Å². The molecule has 1 aliphatic rings. The Bertz CT molecular complexity index is 995. The van der Waals surface area contributed by atoms with E-state index in [0.29, 0.717) is 34.7 Å². The largest absolute Gasteiger partial charge is 0.504 e. The van der Waals surface area contributed by atoms with Gasteiger partial charge in [0.25, 0.3) is 0 Å². The topological polar surface area (TPSA) is 59.4 Å². The van der Waals surface area contributed by atoms with Gasteiger partial charge in [0.15, 0.2) is 17.3 Å². The molecule has 1 heterocycles. The number of carbonyl (C=O) groups is 1. The zero-order valence-corrected chi connectivity index (χ0v) is 14.4. The van der Waals surface area contributed by atoms with Crippen LogP contribution < -0.4 is 4.74 Å². The van der Waals surface area contributed by atoms with Crippen molar-refractivity contribution in [3.05, 3.63) is 64.8 Å². The first-order chi connectivity index (χ1) is 12.0. The number of hydrogen-bond donors (Lipinski definition) is 1. The van der Waals surface area contributed by atoms with Gasteiger partial charge in [-0.3, -0.25) is 9.78 Å². The summed E-state index contributed by atoms with van der Waals surface area (Å²) in [6.07, 6.45) is 3.05.